The minimum atomic E-state index is -0.618. The predicted molar refractivity (Wildman–Crippen MR) is 64.9 cm³/mol. The maximum absolute atomic E-state index is 11.0. The molecule has 0 saturated heterocycles. The lowest BCUT2D eigenvalue weighted by molar-refractivity contribution is 0.0590. The molecule has 0 atom stereocenters. The number of hydrogen-bond acceptors (Lipinski definition) is 5. The van der Waals surface area contributed by atoms with Gasteiger partial charge in [0, 0.05) is 6.54 Å². The molecule has 0 saturated carbocycles. The molecule has 0 bridgehead atoms. The summed E-state index contributed by atoms with van der Waals surface area (Å²) in [5.74, 6) is -0.749. The standard InChI is InChI=1S/C8H12N2O3.C3H9N/c1-3-4-10-5-9-6(7(10)11)8(12)13-2;1-2-3-4/h5,11H,3-4H2,1-2H3;2-4H2,1H3. The molecule has 0 unspecified atom stereocenters. The van der Waals surface area contributed by atoms with Gasteiger partial charge in [-0.2, -0.15) is 0 Å². The summed E-state index contributed by atoms with van der Waals surface area (Å²) in [6.45, 7) is 5.48. The second-order valence-electron chi connectivity index (χ2n) is 3.39. The van der Waals surface area contributed by atoms with Crippen LogP contribution in [0, 0.1) is 0 Å². The summed E-state index contributed by atoms with van der Waals surface area (Å²) < 4.78 is 5.94. The number of aromatic hydroxyl groups is 1. The molecule has 0 aliphatic carbocycles. The molecule has 1 aromatic heterocycles. The molecule has 0 aliphatic heterocycles. The Bertz CT molecular complexity index is 335. The molecule has 3 N–H and O–H groups in total. The molecule has 17 heavy (non-hydrogen) atoms. The van der Waals surface area contributed by atoms with Crippen molar-refractivity contribution in [3.05, 3.63) is 12.0 Å². The zero-order chi connectivity index (χ0) is 13.3. The van der Waals surface area contributed by atoms with Gasteiger partial charge >= 0.3 is 5.97 Å². The van der Waals surface area contributed by atoms with Crippen LogP contribution in [0.15, 0.2) is 6.33 Å². The quantitative estimate of drug-likeness (QED) is 0.774. The highest BCUT2D eigenvalue weighted by molar-refractivity contribution is 5.89. The Morgan fingerprint density at radius 3 is 2.53 bits per heavy atom. The third-order valence-corrected chi connectivity index (χ3v) is 1.94. The first-order chi connectivity index (χ1) is 8.12. The van der Waals surface area contributed by atoms with Gasteiger partial charge in [-0.3, -0.25) is 0 Å². The fourth-order valence-electron chi connectivity index (χ4n) is 1.02. The van der Waals surface area contributed by atoms with E-state index < -0.39 is 5.97 Å². The van der Waals surface area contributed by atoms with Crippen LogP contribution in [0.4, 0.5) is 0 Å². The van der Waals surface area contributed by atoms with E-state index in [2.05, 4.69) is 16.6 Å². The Hall–Kier alpha value is -1.56. The number of nitrogens with two attached hydrogens (primary N) is 1. The number of nitrogens with zero attached hydrogens (tertiary/aromatic N) is 2. The zero-order valence-electron chi connectivity index (χ0n) is 10.6. The van der Waals surface area contributed by atoms with Crippen LogP contribution < -0.4 is 5.73 Å². The fraction of sp³-hybridized carbons (Fsp3) is 0.636. The van der Waals surface area contributed by atoms with Crippen molar-refractivity contribution in [2.75, 3.05) is 13.7 Å². The van der Waals surface area contributed by atoms with Gasteiger partial charge in [0.15, 0.2) is 0 Å². The lowest BCUT2D eigenvalue weighted by Gasteiger charge is -2.00. The summed E-state index contributed by atoms with van der Waals surface area (Å²) in [6.07, 6.45) is 3.38. The molecule has 0 amide bonds. The van der Waals surface area contributed by atoms with E-state index in [0.717, 1.165) is 19.4 Å². The van der Waals surface area contributed by atoms with Crippen LogP contribution in [0.2, 0.25) is 0 Å². The van der Waals surface area contributed by atoms with Crippen molar-refractivity contribution in [3.8, 4) is 5.88 Å². The molecule has 0 radical (unpaired) electrons. The molecular weight excluding hydrogens is 222 g/mol. The van der Waals surface area contributed by atoms with Crippen molar-refractivity contribution in [2.45, 2.75) is 33.2 Å². The van der Waals surface area contributed by atoms with E-state index in [1.807, 2.05) is 6.92 Å². The van der Waals surface area contributed by atoms with Crippen molar-refractivity contribution in [2.24, 2.45) is 5.73 Å². The van der Waals surface area contributed by atoms with E-state index in [0.29, 0.717) is 6.54 Å². The number of aromatic nitrogens is 2. The number of carbonyl (C=O) groups excluding carboxylic acids is 1. The van der Waals surface area contributed by atoms with Gasteiger partial charge in [-0.25, -0.2) is 9.78 Å². The third kappa shape index (κ3) is 4.86. The maximum Gasteiger partial charge on any atom is 0.362 e. The summed E-state index contributed by atoms with van der Waals surface area (Å²) in [5, 5.41) is 9.46. The van der Waals surface area contributed by atoms with E-state index >= 15 is 0 Å². The highest BCUT2D eigenvalue weighted by atomic mass is 16.5. The van der Waals surface area contributed by atoms with Crippen molar-refractivity contribution < 1.29 is 14.6 Å². The summed E-state index contributed by atoms with van der Waals surface area (Å²) in [5.41, 5.74) is 5.00. The van der Waals surface area contributed by atoms with Crippen molar-refractivity contribution >= 4 is 5.97 Å². The van der Waals surface area contributed by atoms with E-state index in [-0.39, 0.29) is 11.6 Å². The molecule has 1 heterocycles. The zero-order valence-corrected chi connectivity index (χ0v) is 10.6. The van der Waals surface area contributed by atoms with Crippen LogP contribution in [-0.4, -0.2) is 34.3 Å². The molecule has 1 rings (SSSR count). The second-order valence-corrected chi connectivity index (χ2v) is 3.39. The van der Waals surface area contributed by atoms with Crippen LogP contribution in [0.25, 0.3) is 0 Å². The van der Waals surface area contributed by atoms with Gasteiger partial charge in [-0.15, -0.1) is 0 Å². The Morgan fingerprint density at radius 2 is 2.12 bits per heavy atom. The summed E-state index contributed by atoms with van der Waals surface area (Å²) in [7, 11) is 1.25. The largest absolute Gasteiger partial charge is 0.493 e. The van der Waals surface area contributed by atoms with Gasteiger partial charge in [0.05, 0.1) is 13.4 Å². The van der Waals surface area contributed by atoms with E-state index in [9.17, 15) is 9.90 Å². The lowest BCUT2D eigenvalue weighted by Crippen LogP contribution is -2.02. The Balaban J connectivity index is 0.000000557. The molecule has 0 aliphatic rings. The first kappa shape index (κ1) is 15.4. The minimum Gasteiger partial charge on any atom is -0.493 e. The van der Waals surface area contributed by atoms with E-state index in [4.69, 9.17) is 5.73 Å². The van der Waals surface area contributed by atoms with Crippen LogP contribution in [0.5, 0.6) is 5.88 Å². The molecule has 6 heteroatoms. The summed E-state index contributed by atoms with van der Waals surface area (Å²) >= 11 is 0. The molecule has 0 fully saturated rings. The highest BCUT2D eigenvalue weighted by Gasteiger charge is 2.17. The van der Waals surface area contributed by atoms with Gasteiger partial charge in [0.2, 0.25) is 11.6 Å². The van der Waals surface area contributed by atoms with E-state index in [1.54, 1.807) is 0 Å². The Morgan fingerprint density at radius 1 is 1.53 bits per heavy atom. The van der Waals surface area contributed by atoms with Crippen molar-refractivity contribution in [1.29, 1.82) is 0 Å². The van der Waals surface area contributed by atoms with Crippen LogP contribution in [-0.2, 0) is 11.3 Å². The molecule has 0 aromatic carbocycles. The van der Waals surface area contributed by atoms with Gasteiger partial charge in [0.1, 0.15) is 0 Å². The molecule has 6 nitrogen and oxygen atoms in total. The number of esters is 1. The third-order valence-electron chi connectivity index (χ3n) is 1.94. The van der Waals surface area contributed by atoms with Crippen molar-refractivity contribution in [3.63, 3.8) is 0 Å². The monoisotopic (exact) mass is 243 g/mol. The Labute approximate surface area is 101 Å². The van der Waals surface area contributed by atoms with Gasteiger partial charge in [0.25, 0.3) is 0 Å². The summed E-state index contributed by atoms with van der Waals surface area (Å²) in [6, 6.07) is 0. The topological polar surface area (TPSA) is 90.4 Å². The van der Waals surface area contributed by atoms with Crippen LogP contribution in [0.1, 0.15) is 37.2 Å². The SMILES string of the molecule is CCCN.CCCn1cnc(C(=O)OC)c1O. The molecule has 0 spiro atoms. The number of ether oxygens (including phenoxy) is 1. The van der Waals surface area contributed by atoms with Crippen molar-refractivity contribution in [1.82, 2.24) is 9.55 Å². The number of hydrogen-bond donors (Lipinski definition) is 2. The molecule has 1 aromatic rings. The fourth-order valence-corrected chi connectivity index (χ4v) is 1.02. The minimum absolute atomic E-state index is 0.0315. The average Bonchev–Trinajstić information content (AvgIpc) is 2.71. The average molecular weight is 243 g/mol. The first-order valence-corrected chi connectivity index (χ1v) is 5.64. The number of imidazole rings is 1. The number of aryl methyl sites for hydroxylation is 1. The van der Waals surface area contributed by atoms with E-state index in [1.165, 1.54) is 18.0 Å². The van der Waals surface area contributed by atoms with Gasteiger partial charge in [-0.05, 0) is 19.4 Å². The van der Waals surface area contributed by atoms with Crippen LogP contribution >= 0.6 is 0 Å². The lowest BCUT2D eigenvalue weighted by atomic mass is 10.4. The maximum atomic E-state index is 11.0. The number of rotatable bonds is 4. The Kier molecular flexibility index (Phi) is 7.79. The summed E-state index contributed by atoms with van der Waals surface area (Å²) in [4.78, 5) is 14.7. The number of carbonyl (C=O) groups is 1. The smallest absolute Gasteiger partial charge is 0.362 e. The number of methoxy groups -OCH3 is 1. The molecule has 98 valence electrons. The predicted octanol–water partition coefficient (Wildman–Crippen LogP) is 1.14. The molecular formula is C11H21N3O3. The highest BCUT2D eigenvalue weighted by Crippen LogP contribution is 2.16. The van der Waals surface area contributed by atoms with Gasteiger partial charge in [-0.1, -0.05) is 13.8 Å². The second kappa shape index (κ2) is 8.58. The normalized spacial score (nSPS) is 9.41. The van der Waals surface area contributed by atoms with Gasteiger partial charge < -0.3 is 20.1 Å². The first-order valence-electron chi connectivity index (χ1n) is 5.64. The van der Waals surface area contributed by atoms with Crippen LogP contribution in [0.3, 0.4) is 0 Å².